The van der Waals surface area contributed by atoms with Crippen molar-refractivity contribution in [3.8, 4) is 6.07 Å². The third-order valence-electron chi connectivity index (χ3n) is 3.77. The first kappa shape index (κ1) is 11.9. The van der Waals surface area contributed by atoms with Crippen molar-refractivity contribution < 1.29 is 0 Å². The van der Waals surface area contributed by atoms with E-state index in [0.717, 1.165) is 12.4 Å². The molecule has 1 aliphatic heterocycles. The predicted octanol–water partition coefficient (Wildman–Crippen LogP) is 2.82. The first-order chi connectivity index (χ1) is 8.11. The number of nitriles is 1. The summed E-state index contributed by atoms with van der Waals surface area (Å²) in [4.78, 5) is 6.76. The lowest BCUT2D eigenvalue weighted by atomic mass is 9.86. The van der Waals surface area contributed by atoms with E-state index in [4.69, 9.17) is 5.26 Å². The summed E-state index contributed by atoms with van der Waals surface area (Å²) in [5, 5.41) is 8.77. The van der Waals surface area contributed by atoms with Crippen LogP contribution in [0.5, 0.6) is 0 Å². The van der Waals surface area contributed by atoms with E-state index in [-0.39, 0.29) is 0 Å². The highest BCUT2D eigenvalue weighted by atomic mass is 15.2. The van der Waals surface area contributed by atoms with Crippen LogP contribution in [0.25, 0.3) is 0 Å². The molecule has 1 aromatic rings. The molecule has 0 spiro atoms. The molecule has 0 radical (unpaired) electrons. The maximum atomic E-state index is 8.77. The molecule has 1 fully saturated rings. The van der Waals surface area contributed by atoms with Gasteiger partial charge in [-0.1, -0.05) is 13.8 Å². The minimum absolute atomic E-state index is 0.520. The van der Waals surface area contributed by atoms with Crippen LogP contribution in [0.3, 0.4) is 0 Å². The van der Waals surface area contributed by atoms with Gasteiger partial charge in [0.15, 0.2) is 0 Å². The van der Waals surface area contributed by atoms with Gasteiger partial charge in [-0.25, -0.2) is 4.98 Å². The molecular weight excluding hydrogens is 210 g/mol. The van der Waals surface area contributed by atoms with Gasteiger partial charge in [0.05, 0.1) is 5.56 Å². The van der Waals surface area contributed by atoms with Crippen LogP contribution in [0.2, 0.25) is 0 Å². The van der Waals surface area contributed by atoms with Crippen LogP contribution < -0.4 is 4.90 Å². The molecule has 0 aliphatic carbocycles. The first-order valence-electron chi connectivity index (χ1n) is 6.24. The zero-order valence-electron chi connectivity index (χ0n) is 10.7. The number of nitrogens with zero attached hydrogens (tertiary/aromatic N) is 3. The van der Waals surface area contributed by atoms with E-state index >= 15 is 0 Å². The van der Waals surface area contributed by atoms with Crippen LogP contribution in [0.15, 0.2) is 18.3 Å². The molecule has 3 atom stereocenters. The molecule has 1 aliphatic rings. The Balaban J connectivity index is 2.22. The third-order valence-corrected chi connectivity index (χ3v) is 3.77. The van der Waals surface area contributed by atoms with Crippen molar-refractivity contribution in [2.45, 2.75) is 33.2 Å². The van der Waals surface area contributed by atoms with E-state index in [2.05, 4.69) is 36.7 Å². The van der Waals surface area contributed by atoms with E-state index in [1.54, 1.807) is 6.20 Å². The fourth-order valence-corrected chi connectivity index (χ4v) is 2.64. The third kappa shape index (κ3) is 2.41. The highest BCUT2D eigenvalue weighted by Gasteiger charge is 2.29. The fourth-order valence-electron chi connectivity index (χ4n) is 2.64. The minimum Gasteiger partial charge on any atom is -0.353 e. The summed E-state index contributed by atoms with van der Waals surface area (Å²) < 4.78 is 0. The van der Waals surface area contributed by atoms with Crippen molar-refractivity contribution in [2.24, 2.45) is 11.8 Å². The summed E-state index contributed by atoms with van der Waals surface area (Å²) in [5.74, 6) is 2.39. The Hall–Kier alpha value is -1.56. The van der Waals surface area contributed by atoms with E-state index in [9.17, 15) is 0 Å². The zero-order chi connectivity index (χ0) is 12.4. The molecule has 0 aromatic carbocycles. The largest absolute Gasteiger partial charge is 0.353 e. The number of piperidine rings is 1. The molecule has 17 heavy (non-hydrogen) atoms. The van der Waals surface area contributed by atoms with Gasteiger partial charge in [0.25, 0.3) is 0 Å². The molecule has 90 valence electrons. The summed E-state index contributed by atoms with van der Waals surface area (Å²) >= 11 is 0. The van der Waals surface area contributed by atoms with Crippen LogP contribution in [0.4, 0.5) is 5.82 Å². The number of pyridine rings is 1. The zero-order valence-corrected chi connectivity index (χ0v) is 10.7. The van der Waals surface area contributed by atoms with Gasteiger partial charge in [-0.2, -0.15) is 5.26 Å². The van der Waals surface area contributed by atoms with Gasteiger partial charge in [-0.05, 0) is 37.3 Å². The van der Waals surface area contributed by atoms with Gasteiger partial charge in [-0.3, -0.25) is 0 Å². The summed E-state index contributed by atoms with van der Waals surface area (Å²) in [5.41, 5.74) is 0.625. The smallest absolute Gasteiger partial charge is 0.128 e. The number of aromatic nitrogens is 1. The van der Waals surface area contributed by atoms with Crippen LogP contribution in [-0.2, 0) is 0 Å². The van der Waals surface area contributed by atoms with Gasteiger partial charge < -0.3 is 4.90 Å². The molecule has 3 nitrogen and oxygen atoms in total. The molecule has 0 saturated carbocycles. The average Bonchev–Trinajstić information content (AvgIpc) is 2.34. The SMILES string of the molecule is CC1CC(C)C(C)N(c2ccc(C#N)cn2)C1. The quantitative estimate of drug-likeness (QED) is 0.743. The molecule has 1 saturated heterocycles. The molecule has 3 heteroatoms. The van der Waals surface area contributed by atoms with E-state index < -0.39 is 0 Å². The topological polar surface area (TPSA) is 39.9 Å². The first-order valence-corrected chi connectivity index (χ1v) is 6.24. The number of anilines is 1. The Bertz CT molecular complexity index is 418. The van der Waals surface area contributed by atoms with Crippen molar-refractivity contribution in [2.75, 3.05) is 11.4 Å². The second-order valence-corrected chi connectivity index (χ2v) is 5.23. The Kier molecular flexibility index (Phi) is 3.33. The summed E-state index contributed by atoms with van der Waals surface area (Å²) in [6.45, 7) is 7.91. The Labute approximate surface area is 103 Å². The molecule has 2 rings (SSSR count). The number of rotatable bonds is 1. The molecule has 3 unspecified atom stereocenters. The Morgan fingerprint density at radius 2 is 2.12 bits per heavy atom. The van der Waals surface area contributed by atoms with Gasteiger partial charge in [0.2, 0.25) is 0 Å². The van der Waals surface area contributed by atoms with Crippen LogP contribution in [-0.4, -0.2) is 17.6 Å². The Morgan fingerprint density at radius 1 is 1.35 bits per heavy atom. The lowest BCUT2D eigenvalue weighted by molar-refractivity contribution is 0.295. The van der Waals surface area contributed by atoms with Crippen molar-refractivity contribution in [3.05, 3.63) is 23.9 Å². The van der Waals surface area contributed by atoms with Crippen LogP contribution >= 0.6 is 0 Å². The molecule has 0 amide bonds. The normalized spacial score (nSPS) is 28.8. The van der Waals surface area contributed by atoms with E-state index in [0.29, 0.717) is 23.4 Å². The second-order valence-electron chi connectivity index (χ2n) is 5.23. The summed E-state index contributed by atoms with van der Waals surface area (Å²) in [6.07, 6.45) is 2.94. The van der Waals surface area contributed by atoms with Crippen molar-refractivity contribution in [3.63, 3.8) is 0 Å². The standard InChI is InChI=1S/C14H19N3/c1-10-6-11(2)12(3)17(9-10)14-5-4-13(7-15)8-16-14/h4-5,8,10-12H,6,9H2,1-3H3. The highest BCUT2D eigenvalue weighted by Crippen LogP contribution is 2.30. The minimum atomic E-state index is 0.520. The van der Waals surface area contributed by atoms with Crippen molar-refractivity contribution in [1.29, 1.82) is 5.26 Å². The van der Waals surface area contributed by atoms with Gasteiger partial charge in [0.1, 0.15) is 11.9 Å². The van der Waals surface area contributed by atoms with Crippen molar-refractivity contribution >= 4 is 5.82 Å². The maximum Gasteiger partial charge on any atom is 0.128 e. The van der Waals surface area contributed by atoms with Gasteiger partial charge in [-0.15, -0.1) is 0 Å². The molecule has 2 heterocycles. The monoisotopic (exact) mass is 229 g/mol. The van der Waals surface area contributed by atoms with Crippen LogP contribution in [0.1, 0.15) is 32.8 Å². The average molecular weight is 229 g/mol. The number of hydrogen-bond donors (Lipinski definition) is 0. The predicted molar refractivity (Wildman–Crippen MR) is 68.7 cm³/mol. The van der Waals surface area contributed by atoms with Gasteiger partial charge >= 0.3 is 0 Å². The molecule has 1 aromatic heterocycles. The van der Waals surface area contributed by atoms with Crippen LogP contribution in [0, 0.1) is 23.2 Å². The van der Waals surface area contributed by atoms with E-state index in [1.165, 1.54) is 6.42 Å². The Morgan fingerprint density at radius 3 is 2.71 bits per heavy atom. The fraction of sp³-hybridized carbons (Fsp3) is 0.571. The highest BCUT2D eigenvalue weighted by molar-refractivity contribution is 5.43. The number of hydrogen-bond acceptors (Lipinski definition) is 3. The molecule has 0 N–H and O–H groups in total. The molecular formula is C14H19N3. The van der Waals surface area contributed by atoms with Crippen molar-refractivity contribution in [1.82, 2.24) is 4.98 Å². The maximum absolute atomic E-state index is 8.77. The summed E-state index contributed by atoms with van der Waals surface area (Å²) in [6, 6.07) is 6.43. The molecule has 0 bridgehead atoms. The summed E-state index contributed by atoms with van der Waals surface area (Å²) in [7, 11) is 0. The second kappa shape index (κ2) is 4.75. The lowest BCUT2D eigenvalue weighted by Crippen LogP contribution is -2.46. The lowest BCUT2D eigenvalue weighted by Gasteiger charge is -2.41. The van der Waals surface area contributed by atoms with E-state index in [1.807, 2.05) is 12.1 Å². The van der Waals surface area contributed by atoms with Gasteiger partial charge in [0, 0.05) is 18.8 Å².